The van der Waals surface area contributed by atoms with Crippen molar-refractivity contribution in [1.82, 2.24) is 10.6 Å². The largest absolute Gasteiger partial charge is 0.368 e. The van der Waals surface area contributed by atoms with Gasteiger partial charge in [-0.2, -0.15) is 0 Å². The van der Waals surface area contributed by atoms with Gasteiger partial charge in [0.15, 0.2) is 0 Å². The summed E-state index contributed by atoms with van der Waals surface area (Å²) < 4.78 is 0. The molecule has 1 rings (SSSR count). The minimum atomic E-state index is -0.570. The van der Waals surface area contributed by atoms with Crippen LogP contribution in [0.5, 0.6) is 0 Å². The molecule has 0 radical (unpaired) electrons. The predicted molar refractivity (Wildman–Crippen MR) is 61.2 cm³/mol. The quantitative estimate of drug-likeness (QED) is 0.612. The molecule has 1 saturated heterocycles. The van der Waals surface area contributed by atoms with Gasteiger partial charge in [0.05, 0.1) is 6.04 Å². The number of carbonyl (C=O) groups is 2. The molecule has 2 atom stereocenters. The molecule has 1 heterocycles. The second kappa shape index (κ2) is 5.11. The van der Waals surface area contributed by atoms with Crippen LogP contribution in [-0.2, 0) is 9.59 Å². The van der Waals surface area contributed by atoms with E-state index in [9.17, 15) is 9.59 Å². The Kier molecular flexibility index (Phi) is 4.08. The number of nitrogens with one attached hydrogen (secondary N) is 2. The second-order valence-corrected chi connectivity index (χ2v) is 4.28. The fourth-order valence-corrected chi connectivity index (χ4v) is 1.73. The average Bonchev–Trinajstić information content (AvgIpc) is 2.65. The first-order valence-corrected chi connectivity index (χ1v) is 5.35. The summed E-state index contributed by atoms with van der Waals surface area (Å²) in [7, 11) is 0. The van der Waals surface area contributed by atoms with Gasteiger partial charge in [-0.3, -0.25) is 9.59 Å². The van der Waals surface area contributed by atoms with Crippen LogP contribution in [0.3, 0.4) is 0 Å². The normalized spacial score (nSPS) is 22.7. The summed E-state index contributed by atoms with van der Waals surface area (Å²) in [5.74, 6) is -0.575. The van der Waals surface area contributed by atoms with E-state index >= 15 is 0 Å². The van der Waals surface area contributed by atoms with E-state index in [0.717, 1.165) is 19.4 Å². The van der Waals surface area contributed by atoms with Gasteiger partial charge in [0.2, 0.25) is 11.8 Å². The van der Waals surface area contributed by atoms with Crippen molar-refractivity contribution in [2.45, 2.75) is 38.8 Å². The van der Waals surface area contributed by atoms with Gasteiger partial charge in [0, 0.05) is 2.85 Å². The third-order valence-electron chi connectivity index (χ3n) is 2.65. The molecule has 0 aromatic heterocycles. The van der Waals surface area contributed by atoms with E-state index in [1.54, 1.807) is 0 Å². The van der Waals surface area contributed by atoms with Crippen LogP contribution in [0, 0.1) is 5.92 Å². The first-order chi connectivity index (χ1) is 7.02. The van der Waals surface area contributed by atoms with E-state index in [0.29, 0.717) is 0 Å². The lowest BCUT2D eigenvalue weighted by atomic mass is 10.0. The number of primary amides is 1. The van der Waals surface area contributed by atoms with Crippen molar-refractivity contribution in [3.63, 3.8) is 0 Å². The van der Waals surface area contributed by atoms with Gasteiger partial charge in [-0.1, -0.05) is 13.8 Å². The summed E-state index contributed by atoms with van der Waals surface area (Å²) in [6.07, 6.45) is 1.83. The zero-order chi connectivity index (χ0) is 11.4. The van der Waals surface area contributed by atoms with Gasteiger partial charge in [-0.15, -0.1) is 0 Å². The molecule has 0 aliphatic carbocycles. The molecule has 0 unspecified atom stereocenters. The number of nitrogens with two attached hydrogens (primary N) is 1. The van der Waals surface area contributed by atoms with Gasteiger partial charge < -0.3 is 16.4 Å². The maximum atomic E-state index is 11.7. The molecule has 0 saturated carbocycles. The SMILES string of the molecule is CC(C)[C@H](NC(=O)[C@@H]1CCCN1)C(N)=O.[HH].[HH]. The monoisotopic (exact) mass is 217 g/mol. The summed E-state index contributed by atoms with van der Waals surface area (Å²) in [5.41, 5.74) is 5.21. The first-order valence-electron chi connectivity index (χ1n) is 5.35. The minimum absolute atomic E-state index is 0. The molecule has 2 amide bonds. The Morgan fingerprint density at radius 2 is 2.20 bits per heavy atom. The molecule has 0 aromatic carbocycles. The van der Waals surface area contributed by atoms with Gasteiger partial charge in [-0.05, 0) is 25.3 Å². The summed E-state index contributed by atoms with van der Waals surface area (Å²) in [4.78, 5) is 22.8. The van der Waals surface area contributed by atoms with Crippen LogP contribution in [-0.4, -0.2) is 30.4 Å². The molecule has 4 N–H and O–H groups in total. The molecule has 90 valence electrons. The Morgan fingerprint density at radius 1 is 1.53 bits per heavy atom. The van der Waals surface area contributed by atoms with E-state index in [-0.39, 0.29) is 20.7 Å². The smallest absolute Gasteiger partial charge is 0.240 e. The molecular formula is C10H23N3O2. The molecule has 1 fully saturated rings. The maximum Gasteiger partial charge on any atom is 0.240 e. The molecule has 15 heavy (non-hydrogen) atoms. The minimum Gasteiger partial charge on any atom is -0.368 e. The van der Waals surface area contributed by atoms with Crippen molar-refractivity contribution < 1.29 is 12.4 Å². The van der Waals surface area contributed by atoms with Crippen molar-refractivity contribution in [3.05, 3.63) is 0 Å². The third-order valence-corrected chi connectivity index (χ3v) is 2.65. The highest BCUT2D eigenvalue weighted by Crippen LogP contribution is 2.07. The van der Waals surface area contributed by atoms with E-state index in [1.165, 1.54) is 0 Å². The highest BCUT2D eigenvalue weighted by Gasteiger charge is 2.27. The third kappa shape index (κ3) is 3.20. The Morgan fingerprint density at radius 3 is 2.60 bits per heavy atom. The lowest BCUT2D eigenvalue weighted by Gasteiger charge is -2.21. The van der Waals surface area contributed by atoms with Crippen LogP contribution >= 0.6 is 0 Å². The number of carbonyl (C=O) groups excluding carboxylic acids is 2. The van der Waals surface area contributed by atoms with Crippen molar-refractivity contribution in [2.24, 2.45) is 11.7 Å². The zero-order valence-electron chi connectivity index (χ0n) is 9.25. The molecule has 5 heteroatoms. The van der Waals surface area contributed by atoms with E-state index in [4.69, 9.17) is 5.73 Å². The van der Waals surface area contributed by atoms with Crippen LogP contribution in [0.2, 0.25) is 0 Å². The van der Waals surface area contributed by atoms with Crippen LogP contribution in [0.4, 0.5) is 0 Å². The number of rotatable bonds is 4. The lowest BCUT2D eigenvalue weighted by molar-refractivity contribution is -0.129. The van der Waals surface area contributed by atoms with Crippen molar-refractivity contribution >= 4 is 11.8 Å². The number of amides is 2. The Hall–Kier alpha value is -1.10. The van der Waals surface area contributed by atoms with Crippen LogP contribution in [0.1, 0.15) is 29.5 Å². The zero-order valence-corrected chi connectivity index (χ0v) is 9.25. The molecule has 1 aliphatic rings. The van der Waals surface area contributed by atoms with Crippen LogP contribution in [0.15, 0.2) is 0 Å². The lowest BCUT2D eigenvalue weighted by Crippen LogP contribution is -2.52. The van der Waals surface area contributed by atoms with Gasteiger partial charge >= 0.3 is 0 Å². The van der Waals surface area contributed by atoms with E-state index in [2.05, 4.69) is 10.6 Å². The molecule has 0 spiro atoms. The summed E-state index contributed by atoms with van der Waals surface area (Å²) in [5, 5.41) is 5.76. The number of hydrogen-bond donors (Lipinski definition) is 3. The molecular weight excluding hydrogens is 194 g/mol. The fourth-order valence-electron chi connectivity index (χ4n) is 1.73. The number of hydrogen-bond acceptors (Lipinski definition) is 3. The molecule has 0 bridgehead atoms. The van der Waals surface area contributed by atoms with E-state index < -0.39 is 11.9 Å². The average molecular weight is 217 g/mol. The first kappa shape index (κ1) is 12.0. The summed E-state index contributed by atoms with van der Waals surface area (Å²) in [6, 6.07) is -0.731. The van der Waals surface area contributed by atoms with Crippen LogP contribution < -0.4 is 16.4 Å². The van der Waals surface area contributed by atoms with Crippen molar-refractivity contribution in [2.75, 3.05) is 6.54 Å². The van der Waals surface area contributed by atoms with Crippen molar-refractivity contribution in [3.8, 4) is 0 Å². The van der Waals surface area contributed by atoms with Gasteiger partial charge in [-0.25, -0.2) is 0 Å². The Labute approximate surface area is 92.8 Å². The predicted octanol–water partition coefficient (Wildman–Crippen LogP) is -0.143. The maximum absolute atomic E-state index is 11.7. The molecule has 1 aliphatic heterocycles. The summed E-state index contributed by atoms with van der Waals surface area (Å²) >= 11 is 0. The van der Waals surface area contributed by atoms with Crippen molar-refractivity contribution in [1.29, 1.82) is 0 Å². The second-order valence-electron chi connectivity index (χ2n) is 4.28. The van der Waals surface area contributed by atoms with E-state index in [1.807, 2.05) is 13.8 Å². The summed E-state index contributed by atoms with van der Waals surface area (Å²) in [6.45, 7) is 4.58. The van der Waals surface area contributed by atoms with Gasteiger partial charge in [0.25, 0.3) is 0 Å². The highest BCUT2D eigenvalue weighted by molar-refractivity contribution is 5.89. The Bertz CT molecular complexity index is 256. The highest BCUT2D eigenvalue weighted by atomic mass is 16.2. The Balaban J connectivity index is 0. The molecule has 0 aromatic rings. The topological polar surface area (TPSA) is 84.2 Å². The van der Waals surface area contributed by atoms with Gasteiger partial charge in [0.1, 0.15) is 6.04 Å². The standard InChI is InChI=1S/C10H19N3O2.2H2/c1-6(2)8(9(11)14)13-10(15)7-4-3-5-12-7;;/h6-8,12H,3-5H2,1-2H3,(H2,11,14)(H,13,15);2*1H/t7-,8-;;/m0../s1. The van der Waals surface area contributed by atoms with Crippen LogP contribution in [0.25, 0.3) is 0 Å². The fraction of sp³-hybridized carbons (Fsp3) is 0.800. The molecule has 5 nitrogen and oxygen atoms in total.